The van der Waals surface area contributed by atoms with Crippen LogP contribution < -0.4 is 11.1 Å². The van der Waals surface area contributed by atoms with Gasteiger partial charge in [-0.3, -0.25) is 9.69 Å². The van der Waals surface area contributed by atoms with Crippen molar-refractivity contribution in [2.75, 3.05) is 26.7 Å². The Morgan fingerprint density at radius 2 is 2.29 bits per heavy atom. The molecule has 1 saturated heterocycles. The molecule has 0 saturated carbocycles. The predicted octanol–water partition coefficient (Wildman–Crippen LogP) is 1.95. The van der Waals surface area contributed by atoms with Gasteiger partial charge in [-0.2, -0.15) is 0 Å². The van der Waals surface area contributed by atoms with Crippen molar-refractivity contribution in [3.63, 3.8) is 0 Å². The van der Waals surface area contributed by atoms with Gasteiger partial charge in [-0.05, 0) is 19.4 Å². The standard InChI is InChI=1S/C15H26N4O2S.2ClH/c1-21-10-15-18-12(11-22-15)9-19-7-3-2-4-13(19)8-17-14(20)5-6-16;;/h11,13H,2-10,16H2,1H3,(H,17,20);2*1H. The van der Waals surface area contributed by atoms with Crippen molar-refractivity contribution in [3.05, 3.63) is 16.1 Å². The number of likely N-dealkylation sites (tertiary alicyclic amines) is 1. The third kappa shape index (κ3) is 7.63. The summed E-state index contributed by atoms with van der Waals surface area (Å²) in [5.74, 6) is 0.0454. The lowest BCUT2D eigenvalue weighted by atomic mass is 10.0. The molecule has 1 aromatic heterocycles. The van der Waals surface area contributed by atoms with Crippen molar-refractivity contribution in [2.24, 2.45) is 5.73 Å². The molecular formula is C15H28Cl2N4O2S. The molecule has 1 aliphatic heterocycles. The lowest BCUT2D eigenvalue weighted by Crippen LogP contribution is -2.46. The van der Waals surface area contributed by atoms with Crippen LogP contribution in [0.4, 0.5) is 0 Å². The number of nitrogens with one attached hydrogen (secondary N) is 1. The Labute approximate surface area is 160 Å². The Bertz CT molecular complexity index is 476. The minimum atomic E-state index is 0. The predicted molar refractivity (Wildman–Crippen MR) is 102 cm³/mol. The molecule has 6 nitrogen and oxygen atoms in total. The number of amides is 1. The minimum absolute atomic E-state index is 0. The molecule has 0 aromatic carbocycles. The van der Waals surface area contributed by atoms with E-state index in [1.165, 1.54) is 12.8 Å². The smallest absolute Gasteiger partial charge is 0.221 e. The molecule has 9 heteroatoms. The van der Waals surface area contributed by atoms with Crippen LogP contribution in [0.2, 0.25) is 0 Å². The number of nitrogens with zero attached hydrogens (tertiary/aromatic N) is 2. The average Bonchev–Trinajstić information content (AvgIpc) is 2.94. The molecule has 0 bridgehead atoms. The lowest BCUT2D eigenvalue weighted by molar-refractivity contribution is -0.121. The molecule has 2 rings (SSSR count). The highest BCUT2D eigenvalue weighted by atomic mass is 35.5. The largest absolute Gasteiger partial charge is 0.378 e. The number of piperidine rings is 1. The Balaban J connectivity index is 0.00000264. The highest BCUT2D eigenvalue weighted by Gasteiger charge is 2.23. The number of hydrogen-bond acceptors (Lipinski definition) is 6. The van der Waals surface area contributed by atoms with Gasteiger partial charge in [0.25, 0.3) is 0 Å². The number of thiazole rings is 1. The van der Waals surface area contributed by atoms with Crippen LogP contribution in [0, 0.1) is 0 Å². The minimum Gasteiger partial charge on any atom is -0.378 e. The van der Waals surface area contributed by atoms with Gasteiger partial charge in [0.05, 0.1) is 12.3 Å². The van der Waals surface area contributed by atoms with E-state index < -0.39 is 0 Å². The Morgan fingerprint density at radius 3 is 3.00 bits per heavy atom. The van der Waals surface area contributed by atoms with E-state index in [0.29, 0.717) is 32.2 Å². The van der Waals surface area contributed by atoms with Gasteiger partial charge in [0.2, 0.25) is 5.91 Å². The lowest BCUT2D eigenvalue weighted by Gasteiger charge is -2.35. The Morgan fingerprint density at radius 1 is 1.50 bits per heavy atom. The van der Waals surface area contributed by atoms with Crippen LogP contribution in [0.25, 0.3) is 0 Å². The number of carbonyl (C=O) groups excluding carboxylic acids is 1. The summed E-state index contributed by atoms with van der Waals surface area (Å²) in [7, 11) is 1.69. The highest BCUT2D eigenvalue weighted by Crippen LogP contribution is 2.20. The molecular weight excluding hydrogens is 371 g/mol. The Kier molecular flexibility index (Phi) is 12.6. The summed E-state index contributed by atoms with van der Waals surface area (Å²) in [6.45, 7) is 3.59. The van der Waals surface area contributed by atoms with Crippen molar-refractivity contribution >= 4 is 42.1 Å². The summed E-state index contributed by atoms with van der Waals surface area (Å²) in [6, 6.07) is 0.392. The van der Waals surface area contributed by atoms with Crippen LogP contribution in [0.5, 0.6) is 0 Å². The summed E-state index contributed by atoms with van der Waals surface area (Å²) >= 11 is 1.64. The number of carbonyl (C=O) groups is 1. The van der Waals surface area contributed by atoms with E-state index in [1.807, 2.05) is 0 Å². The summed E-state index contributed by atoms with van der Waals surface area (Å²) < 4.78 is 5.12. The molecule has 1 aliphatic rings. The molecule has 2 heterocycles. The van der Waals surface area contributed by atoms with E-state index in [0.717, 1.165) is 30.2 Å². The number of rotatable bonds is 8. The molecule has 0 aliphatic carbocycles. The molecule has 0 spiro atoms. The van der Waals surface area contributed by atoms with Gasteiger partial charge in [0, 0.05) is 44.6 Å². The maximum absolute atomic E-state index is 11.6. The topological polar surface area (TPSA) is 80.5 Å². The number of methoxy groups -OCH3 is 1. The average molecular weight is 399 g/mol. The van der Waals surface area contributed by atoms with E-state index >= 15 is 0 Å². The van der Waals surface area contributed by atoms with Crippen LogP contribution in [0.1, 0.15) is 36.4 Å². The molecule has 1 fully saturated rings. The van der Waals surface area contributed by atoms with Crippen LogP contribution in [0.15, 0.2) is 5.38 Å². The van der Waals surface area contributed by atoms with Crippen molar-refractivity contribution in [1.82, 2.24) is 15.2 Å². The second-order valence-corrected chi connectivity index (χ2v) is 6.57. The summed E-state index contributed by atoms with van der Waals surface area (Å²) in [6.07, 6.45) is 3.96. The first-order valence-electron chi connectivity index (χ1n) is 7.86. The van der Waals surface area contributed by atoms with E-state index in [4.69, 9.17) is 10.5 Å². The van der Waals surface area contributed by atoms with E-state index in [2.05, 4.69) is 20.6 Å². The van der Waals surface area contributed by atoms with Crippen molar-refractivity contribution in [2.45, 2.75) is 44.9 Å². The van der Waals surface area contributed by atoms with Gasteiger partial charge in [-0.15, -0.1) is 36.2 Å². The number of halogens is 2. The molecule has 3 N–H and O–H groups in total. The van der Waals surface area contributed by atoms with Gasteiger partial charge in [-0.25, -0.2) is 4.98 Å². The molecule has 1 atom stereocenters. The normalized spacial score (nSPS) is 17.7. The van der Waals surface area contributed by atoms with Crippen LogP contribution in [-0.4, -0.2) is 48.6 Å². The molecule has 24 heavy (non-hydrogen) atoms. The summed E-state index contributed by atoms with van der Waals surface area (Å²) in [4.78, 5) is 18.6. The fraction of sp³-hybridized carbons (Fsp3) is 0.733. The number of ether oxygens (including phenoxy) is 1. The third-order valence-electron chi connectivity index (χ3n) is 3.89. The maximum Gasteiger partial charge on any atom is 0.221 e. The quantitative estimate of drug-likeness (QED) is 0.699. The highest BCUT2D eigenvalue weighted by molar-refractivity contribution is 7.09. The molecule has 1 unspecified atom stereocenters. The number of aromatic nitrogens is 1. The first-order valence-corrected chi connectivity index (χ1v) is 8.74. The van der Waals surface area contributed by atoms with Gasteiger partial charge in [0.1, 0.15) is 5.01 Å². The van der Waals surface area contributed by atoms with Crippen molar-refractivity contribution in [1.29, 1.82) is 0 Å². The van der Waals surface area contributed by atoms with E-state index in [-0.39, 0.29) is 30.7 Å². The monoisotopic (exact) mass is 398 g/mol. The van der Waals surface area contributed by atoms with Gasteiger partial charge >= 0.3 is 0 Å². The zero-order valence-corrected chi connectivity index (χ0v) is 16.5. The first-order chi connectivity index (χ1) is 10.7. The van der Waals surface area contributed by atoms with E-state index in [1.54, 1.807) is 18.4 Å². The fourth-order valence-electron chi connectivity index (χ4n) is 2.77. The van der Waals surface area contributed by atoms with Gasteiger partial charge in [-0.1, -0.05) is 6.42 Å². The van der Waals surface area contributed by atoms with Crippen molar-refractivity contribution < 1.29 is 9.53 Å². The molecule has 140 valence electrons. The zero-order valence-electron chi connectivity index (χ0n) is 14.0. The SMILES string of the molecule is COCc1nc(CN2CCCCC2CNC(=O)CCN)cs1.Cl.Cl. The second kappa shape index (κ2) is 12.9. The molecule has 1 amide bonds. The molecule has 1 aromatic rings. The van der Waals surface area contributed by atoms with Crippen LogP contribution in [0.3, 0.4) is 0 Å². The van der Waals surface area contributed by atoms with Crippen LogP contribution >= 0.6 is 36.2 Å². The number of nitrogens with two attached hydrogens (primary N) is 1. The fourth-order valence-corrected chi connectivity index (χ4v) is 3.53. The first kappa shape index (κ1) is 23.6. The Hall–Kier alpha value is -0.440. The van der Waals surface area contributed by atoms with Gasteiger partial charge in [0.15, 0.2) is 0 Å². The van der Waals surface area contributed by atoms with E-state index in [9.17, 15) is 4.79 Å². The molecule has 0 radical (unpaired) electrons. The third-order valence-corrected chi connectivity index (χ3v) is 4.76. The summed E-state index contributed by atoms with van der Waals surface area (Å²) in [5.41, 5.74) is 6.50. The second-order valence-electron chi connectivity index (χ2n) is 5.63. The summed E-state index contributed by atoms with van der Waals surface area (Å²) in [5, 5.41) is 6.12. The maximum atomic E-state index is 11.6. The van der Waals surface area contributed by atoms with Crippen molar-refractivity contribution in [3.8, 4) is 0 Å². The zero-order chi connectivity index (χ0) is 15.8. The van der Waals surface area contributed by atoms with Crippen LogP contribution in [-0.2, 0) is 22.7 Å². The number of hydrogen-bond donors (Lipinski definition) is 2. The van der Waals surface area contributed by atoms with Gasteiger partial charge < -0.3 is 15.8 Å².